The van der Waals surface area contributed by atoms with Gasteiger partial charge >= 0.3 is 6.03 Å². The maximum absolute atomic E-state index is 12.2. The third kappa shape index (κ3) is 3.98. The Hall–Kier alpha value is -1.28. The molecule has 0 aliphatic heterocycles. The van der Waals surface area contributed by atoms with Gasteiger partial charge in [0, 0.05) is 5.38 Å². The number of hydrogen-bond donors (Lipinski definition) is 2. The molecule has 1 aromatic carbocycles. The number of amides is 2. The lowest BCUT2D eigenvalue weighted by Gasteiger charge is -2.09. The highest BCUT2D eigenvalue weighted by molar-refractivity contribution is 7.92. The lowest BCUT2D eigenvalue weighted by atomic mass is 10.3. The molecular weight excluding hydrogens is 379 g/mol. The minimum atomic E-state index is -3.50. The number of anilines is 2. The SMILES string of the molecule is CC(C)S(=O)(=O)c1csc(NC(=O)Nc2ccccc2Cl)c1Cl. The minimum absolute atomic E-state index is 0.0120. The Bertz CT molecular complexity index is 832. The Morgan fingerprint density at radius 1 is 1.17 bits per heavy atom. The molecular formula is C14H14Cl2N2O3S2. The van der Waals surface area contributed by atoms with E-state index in [1.165, 1.54) is 5.38 Å². The van der Waals surface area contributed by atoms with Crippen molar-refractivity contribution >= 4 is 61.1 Å². The predicted octanol–water partition coefficient (Wildman–Crippen LogP) is 4.88. The molecule has 0 spiro atoms. The topological polar surface area (TPSA) is 75.3 Å². The third-order valence-corrected chi connectivity index (χ3v) is 7.14. The molecule has 0 saturated heterocycles. The van der Waals surface area contributed by atoms with Crippen molar-refractivity contribution in [1.29, 1.82) is 0 Å². The average molecular weight is 393 g/mol. The van der Waals surface area contributed by atoms with E-state index in [9.17, 15) is 13.2 Å². The summed E-state index contributed by atoms with van der Waals surface area (Å²) in [7, 11) is -3.50. The molecule has 5 nitrogen and oxygen atoms in total. The second-order valence-corrected chi connectivity index (χ2v) is 9.03. The Balaban J connectivity index is 2.17. The molecule has 2 aromatic rings. The van der Waals surface area contributed by atoms with Crippen LogP contribution in [0.5, 0.6) is 0 Å². The van der Waals surface area contributed by atoms with Crippen molar-refractivity contribution < 1.29 is 13.2 Å². The molecule has 2 N–H and O–H groups in total. The zero-order valence-electron chi connectivity index (χ0n) is 12.3. The van der Waals surface area contributed by atoms with E-state index in [2.05, 4.69) is 10.6 Å². The van der Waals surface area contributed by atoms with Gasteiger partial charge in [-0.15, -0.1) is 11.3 Å². The smallest absolute Gasteiger partial charge is 0.306 e. The predicted molar refractivity (Wildman–Crippen MR) is 95.7 cm³/mol. The zero-order valence-corrected chi connectivity index (χ0v) is 15.4. The highest BCUT2D eigenvalue weighted by Gasteiger charge is 2.26. The number of thiophene rings is 1. The van der Waals surface area contributed by atoms with Gasteiger partial charge in [0.15, 0.2) is 9.84 Å². The van der Waals surface area contributed by atoms with Crippen molar-refractivity contribution in [2.75, 3.05) is 10.6 Å². The molecule has 2 amide bonds. The molecule has 124 valence electrons. The molecule has 9 heteroatoms. The van der Waals surface area contributed by atoms with Gasteiger partial charge in [0.25, 0.3) is 0 Å². The summed E-state index contributed by atoms with van der Waals surface area (Å²) in [6, 6.07) is 6.20. The molecule has 0 fully saturated rings. The fraction of sp³-hybridized carbons (Fsp3) is 0.214. The fourth-order valence-electron chi connectivity index (χ4n) is 1.68. The molecule has 0 aliphatic rings. The molecule has 0 atom stereocenters. The van der Waals surface area contributed by atoms with Crippen molar-refractivity contribution in [3.8, 4) is 0 Å². The summed E-state index contributed by atoms with van der Waals surface area (Å²) in [6.07, 6.45) is 0. The summed E-state index contributed by atoms with van der Waals surface area (Å²) in [5, 5.41) is 6.59. The van der Waals surface area contributed by atoms with Crippen LogP contribution in [0.2, 0.25) is 10.0 Å². The van der Waals surface area contributed by atoms with Crippen LogP contribution in [0.4, 0.5) is 15.5 Å². The van der Waals surface area contributed by atoms with Crippen LogP contribution in [-0.2, 0) is 9.84 Å². The molecule has 0 bridgehead atoms. The van der Waals surface area contributed by atoms with E-state index in [4.69, 9.17) is 23.2 Å². The quantitative estimate of drug-likeness (QED) is 0.777. The number of rotatable bonds is 4. The van der Waals surface area contributed by atoms with Gasteiger partial charge in [-0.2, -0.15) is 0 Å². The second-order valence-electron chi connectivity index (χ2n) is 4.90. The lowest BCUT2D eigenvalue weighted by molar-refractivity contribution is 0.262. The molecule has 1 aromatic heterocycles. The molecule has 0 radical (unpaired) electrons. The van der Waals surface area contributed by atoms with E-state index in [-0.39, 0.29) is 14.9 Å². The molecule has 1 heterocycles. The number of benzene rings is 1. The van der Waals surface area contributed by atoms with Crippen LogP contribution in [0, 0.1) is 0 Å². The largest absolute Gasteiger partial charge is 0.324 e. The van der Waals surface area contributed by atoms with Gasteiger partial charge in [0.05, 0.1) is 25.9 Å². The summed E-state index contributed by atoms with van der Waals surface area (Å²) < 4.78 is 24.3. The standard InChI is InChI=1S/C14H14Cl2N2O3S2/c1-8(2)23(20,21)11-7-22-13(12(11)16)18-14(19)17-10-6-4-3-5-9(10)15/h3-8H,1-2H3,(H2,17,18,19). The average Bonchev–Trinajstić information content (AvgIpc) is 2.83. The minimum Gasteiger partial charge on any atom is -0.306 e. The van der Waals surface area contributed by atoms with E-state index >= 15 is 0 Å². The van der Waals surface area contributed by atoms with Crippen LogP contribution in [0.3, 0.4) is 0 Å². The van der Waals surface area contributed by atoms with Crippen LogP contribution in [-0.4, -0.2) is 19.7 Å². The lowest BCUT2D eigenvalue weighted by Crippen LogP contribution is -2.19. The summed E-state index contributed by atoms with van der Waals surface area (Å²) in [5.41, 5.74) is 0.439. The first-order chi connectivity index (χ1) is 10.7. The van der Waals surface area contributed by atoms with E-state index < -0.39 is 21.1 Å². The zero-order chi connectivity index (χ0) is 17.2. The molecule has 23 heavy (non-hydrogen) atoms. The van der Waals surface area contributed by atoms with Crippen molar-refractivity contribution in [1.82, 2.24) is 0 Å². The highest BCUT2D eigenvalue weighted by Crippen LogP contribution is 2.37. The Morgan fingerprint density at radius 3 is 2.43 bits per heavy atom. The van der Waals surface area contributed by atoms with Crippen LogP contribution >= 0.6 is 34.5 Å². The Kier molecular flexibility index (Phi) is 5.57. The molecule has 0 saturated carbocycles. The normalized spacial score (nSPS) is 11.5. The number of hydrogen-bond acceptors (Lipinski definition) is 4. The van der Waals surface area contributed by atoms with Crippen LogP contribution in [0.1, 0.15) is 13.8 Å². The number of carbonyl (C=O) groups is 1. The summed E-state index contributed by atoms with van der Waals surface area (Å²) in [5.74, 6) is 0. The number of halogens is 2. The third-order valence-electron chi connectivity index (χ3n) is 2.98. The van der Waals surface area contributed by atoms with Gasteiger partial charge in [-0.25, -0.2) is 13.2 Å². The van der Waals surface area contributed by atoms with Gasteiger partial charge in [0.2, 0.25) is 0 Å². The summed E-state index contributed by atoms with van der Waals surface area (Å²) in [4.78, 5) is 12.0. The van der Waals surface area contributed by atoms with Crippen molar-refractivity contribution in [2.45, 2.75) is 24.0 Å². The number of carbonyl (C=O) groups excluding carboxylic acids is 1. The Morgan fingerprint density at radius 2 is 1.83 bits per heavy atom. The van der Waals surface area contributed by atoms with Gasteiger partial charge in [0.1, 0.15) is 5.00 Å². The van der Waals surface area contributed by atoms with Crippen LogP contribution < -0.4 is 10.6 Å². The number of para-hydroxylation sites is 1. The van der Waals surface area contributed by atoms with Crippen molar-refractivity contribution in [2.24, 2.45) is 0 Å². The van der Waals surface area contributed by atoms with Gasteiger partial charge in [-0.1, -0.05) is 35.3 Å². The molecule has 0 unspecified atom stereocenters. The fourth-order valence-corrected chi connectivity index (χ4v) is 4.80. The molecule has 2 rings (SSSR count). The van der Waals surface area contributed by atoms with Crippen LogP contribution in [0.15, 0.2) is 34.5 Å². The van der Waals surface area contributed by atoms with Gasteiger partial charge in [-0.3, -0.25) is 5.32 Å². The van der Waals surface area contributed by atoms with E-state index in [1.807, 2.05) is 0 Å². The van der Waals surface area contributed by atoms with E-state index in [0.717, 1.165) is 11.3 Å². The monoisotopic (exact) mass is 392 g/mol. The maximum atomic E-state index is 12.2. The first-order valence-electron chi connectivity index (χ1n) is 6.57. The summed E-state index contributed by atoms with van der Waals surface area (Å²) in [6.45, 7) is 3.14. The van der Waals surface area contributed by atoms with Gasteiger partial charge in [-0.05, 0) is 26.0 Å². The first-order valence-corrected chi connectivity index (χ1v) is 9.75. The van der Waals surface area contributed by atoms with E-state index in [1.54, 1.807) is 38.1 Å². The van der Waals surface area contributed by atoms with Gasteiger partial charge < -0.3 is 5.32 Å². The van der Waals surface area contributed by atoms with E-state index in [0.29, 0.717) is 10.7 Å². The summed E-state index contributed by atoms with van der Waals surface area (Å²) >= 11 is 13.1. The van der Waals surface area contributed by atoms with Crippen molar-refractivity contribution in [3.05, 3.63) is 39.7 Å². The molecule has 0 aliphatic carbocycles. The Labute approximate surface area is 148 Å². The second kappa shape index (κ2) is 7.09. The maximum Gasteiger partial charge on any atom is 0.324 e. The number of nitrogens with one attached hydrogen (secondary N) is 2. The van der Waals surface area contributed by atoms with Crippen LogP contribution in [0.25, 0.3) is 0 Å². The van der Waals surface area contributed by atoms with Crippen molar-refractivity contribution in [3.63, 3.8) is 0 Å². The number of urea groups is 1. The number of sulfone groups is 1. The first kappa shape index (κ1) is 18.1. The highest BCUT2D eigenvalue weighted by atomic mass is 35.5.